The highest BCUT2D eigenvalue weighted by atomic mass is 16.5. The highest BCUT2D eigenvalue weighted by molar-refractivity contribution is 5.82. The highest BCUT2D eigenvalue weighted by Crippen LogP contribution is 2.43. The number of ether oxygens (including phenoxy) is 1. The number of hydrogen-bond acceptors (Lipinski definition) is 3. The van der Waals surface area contributed by atoms with E-state index in [1.807, 2.05) is 31.3 Å². The van der Waals surface area contributed by atoms with Crippen LogP contribution in [0.25, 0.3) is 0 Å². The van der Waals surface area contributed by atoms with E-state index >= 15 is 0 Å². The number of aliphatic carboxylic acids is 1. The van der Waals surface area contributed by atoms with Crippen LogP contribution in [-0.4, -0.2) is 31.3 Å². The number of nitrogens with one attached hydrogen (secondary N) is 1. The maximum atomic E-state index is 11.9. The monoisotopic (exact) mass is 263 g/mol. The summed E-state index contributed by atoms with van der Waals surface area (Å²) in [5.41, 5.74) is -0.000460. The van der Waals surface area contributed by atoms with Gasteiger partial charge in [0.05, 0.1) is 12.5 Å². The van der Waals surface area contributed by atoms with E-state index in [1.165, 1.54) is 0 Å². The van der Waals surface area contributed by atoms with E-state index in [0.29, 0.717) is 24.6 Å². The molecule has 1 saturated carbocycles. The second kappa shape index (κ2) is 5.61. The third kappa shape index (κ3) is 2.45. The van der Waals surface area contributed by atoms with Gasteiger partial charge in [0.2, 0.25) is 0 Å². The second-order valence-electron chi connectivity index (χ2n) is 5.15. The summed E-state index contributed by atoms with van der Waals surface area (Å²) in [5, 5.41) is 13.0. The fourth-order valence-corrected chi connectivity index (χ4v) is 3.04. The topological polar surface area (TPSA) is 58.6 Å². The van der Waals surface area contributed by atoms with Crippen LogP contribution >= 0.6 is 0 Å². The van der Waals surface area contributed by atoms with Crippen LogP contribution in [0, 0.1) is 0 Å². The molecule has 4 nitrogen and oxygen atoms in total. The molecule has 0 amide bonds. The van der Waals surface area contributed by atoms with Gasteiger partial charge in [-0.3, -0.25) is 4.79 Å². The van der Waals surface area contributed by atoms with Gasteiger partial charge >= 0.3 is 5.97 Å². The molecule has 104 valence electrons. The molecule has 1 aromatic carbocycles. The summed E-state index contributed by atoms with van der Waals surface area (Å²) in [4.78, 5) is 11.9. The molecule has 1 fully saturated rings. The van der Waals surface area contributed by atoms with Gasteiger partial charge in [0.1, 0.15) is 5.75 Å². The maximum Gasteiger partial charge on any atom is 0.314 e. The highest BCUT2D eigenvalue weighted by Gasteiger charge is 2.44. The van der Waals surface area contributed by atoms with Gasteiger partial charge in [0, 0.05) is 11.6 Å². The van der Waals surface area contributed by atoms with Crippen molar-refractivity contribution in [1.29, 1.82) is 0 Å². The first kappa shape index (κ1) is 13.9. The minimum Gasteiger partial charge on any atom is -0.496 e. The first-order valence-electron chi connectivity index (χ1n) is 6.68. The van der Waals surface area contributed by atoms with Crippen molar-refractivity contribution >= 4 is 5.97 Å². The Morgan fingerprint density at radius 1 is 1.37 bits per heavy atom. The lowest BCUT2D eigenvalue weighted by Gasteiger charge is -2.37. The summed E-state index contributed by atoms with van der Waals surface area (Å²) in [6, 6.07) is 7.89. The van der Waals surface area contributed by atoms with Gasteiger partial charge in [-0.25, -0.2) is 0 Å². The van der Waals surface area contributed by atoms with Gasteiger partial charge in [0.15, 0.2) is 0 Å². The van der Waals surface area contributed by atoms with Gasteiger partial charge < -0.3 is 15.2 Å². The minimum atomic E-state index is -0.806. The molecular formula is C15H21NO3. The van der Waals surface area contributed by atoms with Gasteiger partial charge in [0.25, 0.3) is 0 Å². The quantitative estimate of drug-likeness (QED) is 0.874. The Balaban J connectivity index is 2.38. The Hall–Kier alpha value is -1.55. The molecule has 1 aliphatic carbocycles. The van der Waals surface area contributed by atoms with Gasteiger partial charge in [-0.2, -0.15) is 0 Å². The van der Waals surface area contributed by atoms with Crippen molar-refractivity contribution in [2.75, 3.05) is 14.2 Å². The molecule has 2 N–H and O–H groups in total. The van der Waals surface area contributed by atoms with Crippen LogP contribution in [0.15, 0.2) is 24.3 Å². The summed E-state index contributed by atoms with van der Waals surface area (Å²) in [7, 11) is 3.52. The molecular weight excluding hydrogens is 242 g/mol. The molecule has 0 spiro atoms. The SMILES string of the molecule is CNC1CCC(C(=O)O)(c2ccccc2OC)CC1. The number of benzene rings is 1. The molecule has 1 aliphatic rings. The molecule has 0 radical (unpaired) electrons. The number of hydrogen-bond donors (Lipinski definition) is 2. The van der Waals surface area contributed by atoms with Gasteiger partial charge in [-0.05, 0) is 38.8 Å². The Bertz CT molecular complexity index is 450. The van der Waals surface area contributed by atoms with Crippen molar-refractivity contribution in [3.8, 4) is 5.75 Å². The molecule has 4 heteroatoms. The predicted octanol–water partition coefficient (Wildman–Crippen LogP) is 2.18. The van der Waals surface area contributed by atoms with E-state index in [2.05, 4.69) is 5.32 Å². The van der Waals surface area contributed by atoms with Crippen LogP contribution in [0.4, 0.5) is 0 Å². The molecule has 0 aliphatic heterocycles. The molecule has 0 bridgehead atoms. The summed E-state index contributed by atoms with van der Waals surface area (Å²) < 4.78 is 5.35. The van der Waals surface area contributed by atoms with Crippen LogP contribution in [0.5, 0.6) is 5.75 Å². The molecule has 0 atom stereocenters. The summed E-state index contributed by atoms with van der Waals surface area (Å²) in [6.07, 6.45) is 3.05. The Morgan fingerprint density at radius 3 is 2.53 bits per heavy atom. The van der Waals surface area contributed by atoms with E-state index in [1.54, 1.807) is 7.11 Å². The predicted molar refractivity (Wildman–Crippen MR) is 73.6 cm³/mol. The average molecular weight is 263 g/mol. The minimum absolute atomic E-state index is 0.419. The lowest BCUT2D eigenvalue weighted by Crippen LogP contribution is -2.43. The fourth-order valence-electron chi connectivity index (χ4n) is 3.04. The van der Waals surface area contributed by atoms with Crippen LogP contribution in [0.1, 0.15) is 31.2 Å². The number of rotatable bonds is 4. The maximum absolute atomic E-state index is 11.9. The first-order valence-corrected chi connectivity index (χ1v) is 6.68. The van der Waals surface area contributed by atoms with Crippen LogP contribution < -0.4 is 10.1 Å². The zero-order valence-electron chi connectivity index (χ0n) is 11.5. The zero-order chi connectivity index (χ0) is 13.9. The fraction of sp³-hybridized carbons (Fsp3) is 0.533. The summed E-state index contributed by atoms with van der Waals surface area (Å²) in [6.45, 7) is 0. The molecule has 0 aromatic heterocycles. The summed E-state index contributed by atoms with van der Waals surface area (Å²) in [5.74, 6) is -0.0700. The number of carboxylic acid groups (broad SMARTS) is 1. The standard InChI is InChI=1S/C15H21NO3/c1-16-11-7-9-15(10-8-11,14(17)18)12-5-3-4-6-13(12)19-2/h3-6,11,16H,7-10H2,1-2H3,(H,17,18). The number of carbonyl (C=O) groups is 1. The van der Waals surface area contributed by atoms with Crippen molar-refractivity contribution in [2.45, 2.75) is 37.1 Å². The molecule has 19 heavy (non-hydrogen) atoms. The first-order chi connectivity index (χ1) is 9.14. The van der Waals surface area contributed by atoms with Crippen molar-refractivity contribution in [3.05, 3.63) is 29.8 Å². The van der Waals surface area contributed by atoms with E-state index < -0.39 is 11.4 Å². The van der Waals surface area contributed by atoms with Crippen molar-refractivity contribution < 1.29 is 14.6 Å². The molecule has 0 unspecified atom stereocenters. The lowest BCUT2D eigenvalue weighted by molar-refractivity contribution is -0.145. The molecule has 1 aromatic rings. The van der Waals surface area contributed by atoms with E-state index in [9.17, 15) is 9.90 Å². The van der Waals surface area contributed by atoms with Gasteiger partial charge in [-0.1, -0.05) is 18.2 Å². The zero-order valence-corrected chi connectivity index (χ0v) is 11.5. The Labute approximate surface area is 113 Å². The van der Waals surface area contributed by atoms with Crippen molar-refractivity contribution in [3.63, 3.8) is 0 Å². The van der Waals surface area contributed by atoms with Crippen molar-refractivity contribution in [2.24, 2.45) is 0 Å². The third-order valence-electron chi connectivity index (χ3n) is 4.28. The summed E-state index contributed by atoms with van der Waals surface area (Å²) >= 11 is 0. The second-order valence-corrected chi connectivity index (χ2v) is 5.15. The molecule has 2 rings (SSSR count). The van der Waals surface area contributed by atoms with Crippen LogP contribution in [0.2, 0.25) is 0 Å². The van der Waals surface area contributed by atoms with Crippen LogP contribution in [0.3, 0.4) is 0 Å². The number of methoxy groups -OCH3 is 1. The molecule has 0 saturated heterocycles. The van der Waals surface area contributed by atoms with E-state index in [-0.39, 0.29) is 0 Å². The average Bonchev–Trinajstić information content (AvgIpc) is 2.47. The van der Waals surface area contributed by atoms with Gasteiger partial charge in [-0.15, -0.1) is 0 Å². The van der Waals surface area contributed by atoms with Crippen LogP contribution in [-0.2, 0) is 10.2 Å². The largest absolute Gasteiger partial charge is 0.496 e. The van der Waals surface area contributed by atoms with Crippen molar-refractivity contribution in [1.82, 2.24) is 5.32 Å². The Kier molecular flexibility index (Phi) is 4.10. The molecule has 0 heterocycles. The van der Waals surface area contributed by atoms with E-state index in [4.69, 9.17) is 4.74 Å². The number of para-hydroxylation sites is 1. The third-order valence-corrected chi connectivity index (χ3v) is 4.28. The smallest absolute Gasteiger partial charge is 0.314 e. The number of carboxylic acids is 1. The Morgan fingerprint density at radius 2 is 2.00 bits per heavy atom. The van der Waals surface area contributed by atoms with E-state index in [0.717, 1.165) is 18.4 Å². The normalized spacial score (nSPS) is 26.9. The lowest BCUT2D eigenvalue weighted by atomic mass is 9.68.